The lowest BCUT2D eigenvalue weighted by atomic mass is 10.3. The van der Waals surface area contributed by atoms with E-state index in [-0.39, 0.29) is 6.54 Å². The van der Waals surface area contributed by atoms with Gasteiger partial charge in [-0.25, -0.2) is 17.8 Å². The molecule has 0 aliphatic rings. The fourth-order valence-corrected chi connectivity index (χ4v) is 4.00. The number of imidazole rings is 1. The van der Waals surface area contributed by atoms with Crippen LogP contribution >= 0.6 is 0 Å². The number of para-hydroxylation sites is 2. The number of aryl methyl sites for hydroxylation is 1. The molecule has 0 unspecified atom stereocenters. The SMILES string of the molecule is CN(Cc1nc2ccccc2n1C)S(=O)(=O)c1c(F)cccc1OC(F)(F)F. The van der Waals surface area contributed by atoms with E-state index in [0.717, 1.165) is 35.1 Å². The van der Waals surface area contributed by atoms with Gasteiger partial charge in [0.05, 0.1) is 17.6 Å². The molecule has 0 N–H and O–H groups in total. The summed E-state index contributed by atoms with van der Waals surface area (Å²) in [6.45, 7) is -0.284. The first-order chi connectivity index (χ1) is 13.0. The fraction of sp³-hybridized carbons (Fsp3) is 0.235. The third kappa shape index (κ3) is 3.80. The first kappa shape index (κ1) is 20.1. The monoisotopic (exact) mass is 417 g/mol. The number of hydrogen-bond acceptors (Lipinski definition) is 4. The van der Waals surface area contributed by atoms with Gasteiger partial charge in [0.1, 0.15) is 11.6 Å². The summed E-state index contributed by atoms with van der Waals surface area (Å²) < 4.78 is 83.6. The summed E-state index contributed by atoms with van der Waals surface area (Å²) in [6, 6.07) is 9.49. The number of ether oxygens (including phenoxy) is 1. The molecule has 0 saturated heterocycles. The number of benzene rings is 2. The van der Waals surface area contributed by atoms with Crippen LogP contribution in [0.3, 0.4) is 0 Å². The van der Waals surface area contributed by atoms with Gasteiger partial charge < -0.3 is 9.30 Å². The Balaban J connectivity index is 1.99. The van der Waals surface area contributed by atoms with Crippen LogP contribution < -0.4 is 4.74 Å². The Bertz CT molecular complexity index is 1130. The molecule has 0 atom stereocenters. The van der Waals surface area contributed by atoms with Gasteiger partial charge in [0.25, 0.3) is 0 Å². The van der Waals surface area contributed by atoms with Crippen LogP contribution in [-0.4, -0.2) is 35.7 Å². The van der Waals surface area contributed by atoms with Crippen molar-refractivity contribution in [3.05, 3.63) is 54.1 Å². The molecule has 3 rings (SSSR count). The molecular formula is C17H15F4N3O3S. The van der Waals surface area contributed by atoms with Gasteiger partial charge in [-0.05, 0) is 24.3 Å². The molecule has 11 heteroatoms. The summed E-state index contributed by atoms with van der Waals surface area (Å²) in [4.78, 5) is 3.13. The molecule has 0 saturated carbocycles. The van der Waals surface area contributed by atoms with Crippen molar-refractivity contribution < 1.29 is 30.7 Å². The minimum Gasteiger partial charge on any atom is -0.404 e. The topological polar surface area (TPSA) is 64.4 Å². The molecule has 0 aliphatic carbocycles. The lowest BCUT2D eigenvalue weighted by Gasteiger charge is -2.20. The second kappa shape index (κ2) is 7.06. The number of alkyl halides is 3. The summed E-state index contributed by atoms with van der Waals surface area (Å²) in [6.07, 6.45) is -5.17. The van der Waals surface area contributed by atoms with E-state index in [4.69, 9.17) is 0 Å². The minimum absolute atomic E-state index is 0.284. The first-order valence-corrected chi connectivity index (χ1v) is 9.35. The van der Waals surface area contributed by atoms with E-state index in [9.17, 15) is 26.0 Å². The summed E-state index contributed by atoms with van der Waals surface area (Å²) in [7, 11) is -1.85. The van der Waals surface area contributed by atoms with Crippen LogP contribution in [0.25, 0.3) is 11.0 Å². The highest BCUT2D eigenvalue weighted by Gasteiger charge is 2.37. The van der Waals surface area contributed by atoms with Crippen LogP contribution in [0.2, 0.25) is 0 Å². The van der Waals surface area contributed by atoms with Crippen molar-refractivity contribution in [1.82, 2.24) is 13.9 Å². The van der Waals surface area contributed by atoms with Gasteiger partial charge in [0.2, 0.25) is 10.0 Å². The molecule has 2 aromatic carbocycles. The van der Waals surface area contributed by atoms with E-state index < -0.39 is 32.8 Å². The summed E-state index contributed by atoms with van der Waals surface area (Å²) >= 11 is 0. The lowest BCUT2D eigenvalue weighted by Crippen LogP contribution is -2.30. The fourth-order valence-electron chi connectivity index (χ4n) is 2.72. The third-order valence-corrected chi connectivity index (χ3v) is 5.93. The molecular weight excluding hydrogens is 402 g/mol. The normalized spacial score (nSPS) is 12.7. The zero-order valence-corrected chi connectivity index (χ0v) is 15.6. The number of halogens is 4. The number of aromatic nitrogens is 2. The molecule has 150 valence electrons. The number of fused-ring (bicyclic) bond motifs is 1. The van der Waals surface area contributed by atoms with Crippen molar-refractivity contribution in [2.45, 2.75) is 17.8 Å². The molecule has 0 amide bonds. The maximum atomic E-state index is 14.2. The van der Waals surface area contributed by atoms with E-state index in [2.05, 4.69) is 9.72 Å². The largest absolute Gasteiger partial charge is 0.573 e. The van der Waals surface area contributed by atoms with Gasteiger partial charge in [0, 0.05) is 14.1 Å². The van der Waals surface area contributed by atoms with E-state index >= 15 is 0 Å². The first-order valence-electron chi connectivity index (χ1n) is 7.91. The Morgan fingerprint density at radius 3 is 2.46 bits per heavy atom. The molecule has 0 aliphatic heterocycles. The highest BCUT2D eigenvalue weighted by atomic mass is 32.2. The van der Waals surface area contributed by atoms with Gasteiger partial charge in [-0.2, -0.15) is 4.31 Å². The van der Waals surface area contributed by atoms with Crippen LogP contribution in [0, 0.1) is 5.82 Å². The van der Waals surface area contributed by atoms with Crippen LogP contribution in [0.1, 0.15) is 5.82 Å². The van der Waals surface area contributed by atoms with E-state index in [1.54, 1.807) is 35.9 Å². The quantitative estimate of drug-likeness (QED) is 0.597. The lowest BCUT2D eigenvalue weighted by molar-refractivity contribution is -0.275. The van der Waals surface area contributed by atoms with Crippen molar-refractivity contribution in [3.8, 4) is 5.75 Å². The second-order valence-electron chi connectivity index (χ2n) is 5.95. The van der Waals surface area contributed by atoms with Crippen molar-refractivity contribution >= 4 is 21.1 Å². The molecule has 0 fully saturated rings. The van der Waals surface area contributed by atoms with Gasteiger partial charge in [0.15, 0.2) is 10.6 Å². The number of nitrogens with zero attached hydrogens (tertiary/aromatic N) is 3. The highest BCUT2D eigenvalue weighted by Crippen LogP contribution is 2.33. The number of hydrogen-bond donors (Lipinski definition) is 0. The van der Waals surface area contributed by atoms with Gasteiger partial charge in [-0.15, -0.1) is 13.2 Å². The van der Waals surface area contributed by atoms with Crippen LogP contribution in [0.4, 0.5) is 17.6 Å². The predicted molar refractivity (Wildman–Crippen MR) is 92.4 cm³/mol. The van der Waals surface area contributed by atoms with Crippen molar-refractivity contribution in [3.63, 3.8) is 0 Å². The minimum atomic E-state index is -5.17. The molecule has 1 heterocycles. The Labute approximate surface area is 158 Å². The van der Waals surface area contributed by atoms with Crippen LogP contribution in [-0.2, 0) is 23.6 Å². The summed E-state index contributed by atoms with van der Waals surface area (Å²) in [5.41, 5.74) is 1.37. The molecule has 3 aromatic rings. The number of rotatable bonds is 5. The van der Waals surface area contributed by atoms with Gasteiger partial charge in [-0.3, -0.25) is 0 Å². The van der Waals surface area contributed by atoms with Crippen molar-refractivity contribution in [2.75, 3.05) is 7.05 Å². The highest BCUT2D eigenvalue weighted by molar-refractivity contribution is 7.89. The third-order valence-electron chi connectivity index (χ3n) is 4.07. The van der Waals surface area contributed by atoms with Crippen molar-refractivity contribution in [1.29, 1.82) is 0 Å². The van der Waals surface area contributed by atoms with Crippen molar-refractivity contribution in [2.24, 2.45) is 7.05 Å². The average Bonchev–Trinajstić information content (AvgIpc) is 2.89. The van der Waals surface area contributed by atoms with Gasteiger partial charge >= 0.3 is 6.36 Å². The van der Waals surface area contributed by atoms with Crippen LogP contribution in [0.15, 0.2) is 47.4 Å². The molecule has 1 aromatic heterocycles. The molecule has 6 nitrogen and oxygen atoms in total. The Hall–Kier alpha value is -2.66. The smallest absolute Gasteiger partial charge is 0.404 e. The standard InChI is InChI=1S/C17H15F4N3O3S/c1-23(10-15-22-12-7-3-4-8-13(12)24(15)2)28(25,26)16-11(18)6-5-9-14(16)27-17(19,20)21/h3-9H,10H2,1-2H3. The molecule has 0 radical (unpaired) electrons. The predicted octanol–water partition coefficient (Wildman–Crippen LogP) is 3.43. The molecule has 0 spiro atoms. The van der Waals surface area contributed by atoms with Crippen LogP contribution in [0.5, 0.6) is 5.75 Å². The molecule has 28 heavy (non-hydrogen) atoms. The Morgan fingerprint density at radius 1 is 1.14 bits per heavy atom. The zero-order chi connectivity index (χ0) is 20.7. The summed E-state index contributed by atoms with van der Waals surface area (Å²) in [5, 5.41) is 0. The second-order valence-corrected chi connectivity index (χ2v) is 7.93. The maximum Gasteiger partial charge on any atom is 0.573 e. The maximum absolute atomic E-state index is 14.2. The van der Waals surface area contributed by atoms with E-state index in [0.29, 0.717) is 11.3 Å². The number of sulfonamides is 1. The van der Waals surface area contributed by atoms with E-state index in [1.165, 1.54) is 0 Å². The zero-order valence-electron chi connectivity index (χ0n) is 14.7. The average molecular weight is 417 g/mol. The van der Waals surface area contributed by atoms with Gasteiger partial charge in [-0.1, -0.05) is 18.2 Å². The molecule has 0 bridgehead atoms. The Kier molecular flexibility index (Phi) is 5.06. The summed E-state index contributed by atoms with van der Waals surface area (Å²) in [5.74, 6) is -2.15. The Morgan fingerprint density at radius 2 is 1.82 bits per heavy atom. The van der Waals surface area contributed by atoms with E-state index in [1.807, 2.05) is 0 Å².